The van der Waals surface area contributed by atoms with Crippen LogP contribution in [0.25, 0.3) is 11.5 Å². The maximum Gasteiger partial charge on any atom is 0.234 e. The number of nitrogens with one attached hydrogen (secondary N) is 1. The first kappa shape index (κ1) is 18.9. The minimum absolute atomic E-state index is 0.121. The number of aromatic nitrogens is 4. The van der Waals surface area contributed by atoms with Gasteiger partial charge in [-0.1, -0.05) is 17.8 Å². The van der Waals surface area contributed by atoms with E-state index in [0.717, 1.165) is 5.76 Å². The van der Waals surface area contributed by atoms with Gasteiger partial charge in [0.05, 0.1) is 18.6 Å². The number of benzene rings is 1. The Hall–Kier alpha value is -3.46. The monoisotopic (exact) mass is 409 g/mol. The Kier molecular flexibility index (Phi) is 5.66. The summed E-state index contributed by atoms with van der Waals surface area (Å²) in [6.45, 7) is 0.411. The Labute approximate surface area is 170 Å². The fourth-order valence-electron chi connectivity index (χ4n) is 2.64. The first-order valence-electron chi connectivity index (χ1n) is 8.74. The smallest absolute Gasteiger partial charge is 0.234 e. The van der Waals surface area contributed by atoms with Crippen LogP contribution in [0.1, 0.15) is 5.76 Å². The molecule has 3 heterocycles. The van der Waals surface area contributed by atoms with Gasteiger partial charge in [-0.25, -0.2) is 4.39 Å². The molecule has 0 spiro atoms. The van der Waals surface area contributed by atoms with Crippen molar-refractivity contribution in [2.75, 3.05) is 11.1 Å². The van der Waals surface area contributed by atoms with Gasteiger partial charge in [0.2, 0.25) is 5.91 Å². The number of amides is 1. The summed E-state index contributed by atoms with van der Waals surface area (Å²) in [5.74, 6) is 0.859. The Morgan fingerprint density at radius 2 is 1.97 bits per heavy atom. The highest BCUT2D eigenvalue weighted by Crippen LogP contribution is 2.24. The van der Waals surface area contributed by atoms with Crippen LogP contribution in [0.2, 0.25) is 0 Å². The number of hydrogen-bond acceptors (Lipinski definition) is 6. The molecule has 0 atom stereocenters. The number of carbonyl (C=O) groups is 1. The summed E-state index contributed by atoms with van der Waals surface area (Å²) >= 11 is 1.25. The first-order chi connectivity index (χ1) is 14.2. The second-order valence-corrected chi connectivity index (χ2v) is 6.97. The Morgan fingerprint density at radius 3 is 2.69 bits per heavy atom. The predicted octanol–water partition coefficient (Wildman–Crippen LogP) is 3.85. The van der Waals surface area contributed by atoms with E-state index in [0.29, 0.717) is 28.9 Å². The molecular formula is C20H16FN5O2S. The van der Waals surface area contributed by atoms with E-state index in [1.165, 1.54) is 36.0 Å². The van der Waals surface area contributed by atoms with Crippen LogP contribution in [-0.2, 0) is 11.3 Å². The van der Waals surface area contributed by atoms with E-state index in [1.54, 1.807) is 12.5 Å². The van der Waals surface area contributed by atoms with Crippen molar-refractivity contribution in [3.05, 3.63) is 78.6 Å². The number of rotatable bonds is 7. The molecule has 0 bridgehead atoms. The summed E-state index contributed by atoms with van der Waals surface area (Å²) in [6, 6.07) is 14.8. The molecule has 7 nitrogen and oxygen atoms in total. The quantitative estimate of drug-likeness (QED) is 0.467. The van der Waals surface area contributed by atoms with Crippen LogP contribution in [0.15, 0.2) is 76.6 Å². The number of thioether (sulfide) groups is 1. The molecule has 1 N–H and O–H groups in total. The summed E-state index contributed by atoms with van der Waals surface area (Å²) in [7, 11) is 0. The fourth-order valence-corrected chi connectivity index (χ4v) is 3.38. The summed E-state index contributed by atoms with van der Waals surface area (Å²) in [5.41, 5.74) is 1.21. The summed E-state index contributed by atoms with van der Waals surface area (Å²) < 4.78 is 20.3. The summed E-state index contributed by atoms with van der Waals surface area (Å²) in [5, 5.41) is 11.8. The zero-order chi connectivity index (χ0) is 20.1. The molecule has 4 rings (SSSR count). The summed E-state index contributed by atoms with van der Waals surface area (Å²) in [6.07, 6.45) is 3.29. The van der Waals surface area contributed by atoms with Gasteiger partial charge in [0.15, 0.2) is 11.0 Å². The fraction of sp³-hybridized carbons (Fsp3) is 0.100. The Balaban J connectivity index is 1.51. The molecule has 0 radical (unpaired) electrons. The van der Waals surface area contributed by atoms with Gasteiger partial charge in [-0.3, -0.25) is 14.3 Å². The molecule has 0 aliphatic rings. The molecule has 3 aromatic heterocycles. The first-order valence-corrected chi connectivity index (χ1v) is 9.73. The van der Waals surface area contributed by atoms with Gasteiger partial charge in [0.25, 0.3) is 0 Å². The molecule has 0 aliphatic carbocycles. The van der Waals surface area contributed by atoms with Gasteiger partial charge in [-0.05, 0) is 48.5 Å². The molecule has 0 unspecified atom stereocenters. The van der Waals surface area contributed by atoms with E-state index in [-0.39, 0.29) is 17.5 Å². The van der Waals surface area contributed by atoms with Gasteiger partial charge in [-0.2, -0.15) is 0 Å². The normalized spacial score (nSPS) is 10.8. The number of anilines is 1. The molecular weight excluding hydrogens is 393 g/mol. The van der Waals surface area contributed by atoms with Crippen LogP contribution in [0.5, 0.6) is 0 Å². The van der Waals surface area contributed by atoms with Crippen molar-refractivity contribution in [3.8, 4) is 11.5 Å². The van der Waals surface area contributed by atoms with Crippen molar-refractivity contribution >= 4 is 23.4 Å². The van der Waals surface area contributed by atoms with E-state index in [4.69, 9.17) is 4.42 Å². The lowest BCUT2D eigenvalue weighted by molar-refractivity contribution is -0.113. The van der Waals surface area contributed by atoms with Gasteiger partial charge in [0.1, 0.15) is 17.3 Å². The predicted molar refractivity (Wildman–Crippen MR) is 107 cm³/mol. The Bertz CT molecular complexity index is 1080. The minimum atomic E-state index is -0.356. The van der Waals surface area contributed by atoms with Crippen molar-refractivity contribution < 1.29 is 13.6 Å². The van der Waals surface area contributed by atoms with Crippen molar-refractivity contribution in [2.45, 2.75) is 11.7 Å². The van der Waals surface area contributed by atoms with E-state index in [9.17, 15) is 9.18 Å². The molecule has 146 valence electrons. The van der Waals surface area contributed by atoms with E-state index in [2.05, 4.69) is 20.5 Å². The zero-order valence-electron chi connectivity index (χ0n) is 15.2. The van der Waals surface area contributed by atoms with Crippen molar-refractivity contribution in [1.29, 1.82) is 0 Å². The van der Waals surface area contributed by atoms with Gasteiger partial charge in [0, 0.05) is 11.9 Å². The summed E-state index contributed by atoms with van der Waals surface area (Å²) in [4.78, 5) is 16.6. The molecule has 9 heteroatoms. The lowest BCUT2D eigenvalue weighted by Crippen LogP contribution is -2.14. The highest BCUT2D eigenvalue weighted by molar-refractivity contribution is 7.99. The highest BCUT2D eigenvalue weighted by atomic mass is 32.2. The SMILES string of the molecule is O=C(CSc1nnc(-c2ccccn2)n1Cc1ccco1)Nc1ccc(F)cc1. The maximum absolute atomic E-state index is 13.0. The molecule has 1 amide bonds. The Morgan fingerprint density at radius 1 is 1.10 bits per heavy atom. The van der Waals surface area contributed by atoms with Crippen LogP contribution in [0.3, 0.4) is 0 Å². The second kappa shape index (κ2) is 8.70. The van der Waals surface area contributed by atoms with Crippen LogP contribution < -0.4 is 5.32 Å². The second-order valence-electron chi connectivity index (χ2n) is 6.03. The zero-order valence-corrected chi connectivity index (χ0v) is 16.0. The van der Waals surface area contributed by atoms with Crippen LogP contribution in [0, 0.1) is 5.82 Å². The third-order valence-corrected chi connectivity index (χ3v) is 4.93. The average molecular weight is 409 g/mol. The number of nitrogens with zero attached hydrogens (tertiary/aromatic N) is 4. The highest BCUT2D eigenvalue weighted by Gasteiger charge is 2.17. The van der Waals surface area contributed by atoms with E-state index >= 15 is 0 Å². The van der Waals surface area contributed by atoms with Gasteiger partial charge < -0.3 is 9.73 Å². The number of furan rings is 1. The van der Waals surface area contributed by atoms with Gasteiger partial charge in [-0.15, -0.1) is 10.2 Å². The van der Waals surface area contributed by atoms with Crippen LogP contribution in [-0.4, -0.2) is 31.4 Å². The van der Waals surface area contributed by atoms with Gasteiger partial charge >= 0.3 is 0 Å². The van der Waals surface area contributed by atoms with Crippen molar-refractivity contribution in [2.24, 2.45) is 0 Å². The molecule has 0 saturated heterocycles. The minimum Gasteiger partial charge on any atom is -0.467 e. The third kappa shape index (κ3) is 4.69. The third-order valence-electron chi connectivity index (χ3n) is 3.97. The standard InChI is InChI=1S/C20H16FN5O2S/c21-14-6-8-15(9-7-14)23-18(27)13-29-20-25-24-19(17-5-1-2-10-22-17)26(20)12-16-4-3-11-28-16/h1-11H,12-13H2,(H,23,27). The van der Waals surface area contributed by atoms with Crippen LogP contribution >= 0.6 is 11.8 Å². The van der Waals surface area contributed by atoms with Crippen molar-refractivity contribution in [3.63, 3.8) is 0 Å². The number of halogens is 1. The number of hydrogen-bond donors (Lipinski definition) is 1. The molecule has 0 saturated carbocycles. The lowest BCUT2D eigenvalue weighted by atomic mass is 10.3. The molecule has 0 aliphatic heterocycles. The van der Waals surface area contributed by atoms with E-state index < -0.39 is 0 Å². The number of pyridine rings is 1. The number of carbonyl (C=O) groups excluding carboxylic acids is 1. The van der Waals surface area contributed by atoms with Crippen molar-refractivity contribution in [1.82, 2.24) is 19.7 Å². The van der Waals surface area contributed by atoms with Crippen LogP contribution in [0.4, 0.5) is 10.1 Å². The molecule has 1 aromatic carbocycles. The van der Waals surface area contributed by atoms with E-state index in [1.807, 2.05) is 34.9 Å². The lowest BCUT2D eigenvalue weighted by Gasteiger charge is -2.09. The molecule has 4 aromatic rings. The average Bonchev–Trinajstić information content (AvgIpc) is 3.39. The largest absolute Gasteiger partial charge is 0.467 e. The molecule has 0 fully saturated rings. The molecule has 29 heavy (non-hydrogen) atoms. The topological polar surface area (TPSA) is 85.8 Å². The maximum atomic E-state index is 13.0.